The van der Waals surface area contributed by atoms with Crippen molar-refractivity contribution in [1.29, 1.82) is 0 Å². The van der Waals surface area contributed by atoms with Gasteiger partial charge in [0.05, 0.1) is 17.4 Å². The third kappa shape index (κ3) is 9.28. The first-order valence-corrected chi connectivity index (χ1v) is 17.3. The minimum Gasteiger partial charge on any atom is -0.454 e. The van der Waals surface area contributed by atoms with E-state index in [4.69, 9.17) is 14.2 Å². The van der Waals surface area contributed by atoms with Crippen LogP contribution in [0.5, 0.6) is 5.75 Å². The Labute approximate surface area is 305 Å². The van der Waals surface area contributed by atoms with E-state index in [2.05, 4.69) is 15.3 Å². The average Bonchev–Trinajstić information content (AvgIpc) is 3.33. The van der Waals surface area contributed by atoms with E-state index in [1.54, 1.807) is 94.0 Å². The van der Waals surface area contributed by atoms with E-state index in [9.17, 15) is 28.0 Å². The third-order valence-corrected chi connectivity index (χ3v) is 8.80. The molecule has 2 aromatic carbocycles. The quantitative estimate of drug-likeness (QED) is 0.217. The maximum absolute atomic E-state index is 13.1. The second-order valence-electron chi connectivity index (χ2n) is 14.2. The molecule has 0 saturated carbocycles. The van der Waals surface area contributed by atoms with Crippen molar-refractivity contribution in [3.8, 4) is 16.9 Å². The Balaban J connectivity index is 1.22. The number of esters is 1. The smallest absolute Gasteiger partial charge is 0.408 e. The summed E-state index contributed by atoms with van der Waals surface area (Å²) >= 11 is 0. The van der Waals surface area contributed by atoms with E-state index >= 15 is 0 Å². The van der Waals surface area contributed by atoms with E-state index in [0.717, 1.165) is 5.56 Å². The lowest BCUT2D eigenvalue weighted by Gasteiger charge is -2.39. The molecule has 16 heteroatoms. The van der Waals surface area contributed by atoms with Gasteiger partial charge in [0.25, 0.3) is 11.5 Å². The van der Waals surface area contributed by atoms with Gasteiger partial charge in [0, 0.05) is 56.2 Å². The molecule has 53 heavy (non-hydrogen) atoms. The highest BCUT2D eigenvalue weighted by Crippen LogP contribution is 2.27. The van der Waals surface area contributed by atoms with Crippen LogP contribution in [-0.2, 0) is 32.7 Å². The molecule has 0 aliphatic carbocycles. The highest BCUT2D eigenvalue weighted by Gasteiger charge is 2.32. The molecular formula is C37H45F2N7O7. The van der Waals surface area contributed by atoms with E-state index in [-0.39, 0.29) is 35.7 Å². The Morgan fingerprint density at radius 3 is 2.36 bits per heavy atom. The third-order valence-electron chi connectivity index (χ3n) is 8.80. The predicted molar refractivity (Wildman–Crippen MR) is 193 cm³/mol. The van der Waals surface area contributed by atoms with E-state index in [1.165, 1.54) is 10.7 Å². The van der Waals surface area contributed by atoms with Gasteiger partial charge in [0.1, 0.15) is 17.4 Å². The molecule has 1 fully saturated rings. The standard InChI is InChI=1S/C37H45F2N7O7/c1-22(2)31(42-36(50)53-37(4,5)6)33(49)51-21-30(47)45-15-14-44(19-23(45)3)35-40-17-26(18-41-35)24-12-13-27-28(16-24)46(43(7)32(27)48)20-25-10-8-9-11-29(25)52-34(38)39/h8-13,16-18,22-23,31,34H,14-15,19-21H2,1-7H3,(H,42,50)/t23-,31?/m1/s1. The van der Waals surface area contributed by atoms with Crippen LogP contribution in [0.25, 0.3) is 22.0 Å². The molecular weight excluding hydrogens is 692 g/mol. The van der Waals surface area contributed by atoms with Crippen molar-refractivity contribution in [2.45, 2.75) is 72.4 Å². The summed E-state index contributed by atoms with van der Waals surface area (Å²) in [7, 11) is 1.62. The van der Waals surface area contributed by atoms with Gasteiger partial charge in [-0.1, -0.05) is 38.1 Å². The number of amides is 2. The van der Waals surface area contributed by atoms with E-state index in [1.807, 2.05) is 17.9 Å². The molecule has 2 aromatic heterocycles. The molecule has 4 aromatic rings. The molecule has 14 nitrogen and oxygen atoms in total. The first-order valence-electron chi connectivity index (χ1n) is 17.3. The number of carbonyl (C=O) groups is 3. The number of ether oxygens (including phenoxy) is 3. The highest BCUT2D eigenvalue weighted by atomic mass is 19.3. The number of alkyl halides is 2. The lowest BCUT2D eigenvalue weighted by molar-refractivity contribution is -0.155. The average molecular weight is 738 g/mol. The van der Waals surface area contributed by atoms with Crippen LogP contribution in [0, 0.1) is 5.92 Å². The van der Waals surface area contributed by atoms with Crippen LogP contribution in [0.2, 0.25) is 0 Å². The van der Waals surface area contributed by atoms with Crippen molar-refractivity contribution in [2.24, 2.45) is 13.0 Å². The Morgan fingerprint density at radius 1 is 1.02 bits per heavy atom. The van der Waals surface area contributed by atoms with Crippen LogP contribution < -0.4 is 20.5 Å². The van der Waals surface area contributed by atoms with E-state index < -0.39 is 36.9 Å². The van der Waals surface area contributed by atoms with Gasteiger partial charge in [-0.15, -0.1) is 0 Å². The first kappa shape index (κ1) is 38.7. The van der Waals surface area contributed by atoms with Crippen LogP contribution in [0.15, 0.2) is 59.7 Å². The maximum atomic E-state index is 13.1. The van der Waals surface area contributed by atoms with Crippen molar-refractivity contribution < 1.29 is 37.4 Å². The van der Waals surface area contributed by atoms with Crippen LogP contribution in [0.4, 0.5) is 19.5 Å². The summed E-state index contributed by atoms with van der Waals surface area (Å²) in [6, 6.07) is 10.6. The number of alkyl carbamates (subject to hydrolysis) is 1. The highest BCUT2D eigenvalue weighted by molar-refractivity contribution is 5.86. The molecule has 5 rings (SSSR count). The molecule has 0 spiro atoms. The van der Waals surface area contributed by atoms with Crippen molar-refractivity contribution in [3.63, 3.8) is 0 Å². The molecule has 1 saturated heterocycles. The molecule has 2 atom stereocenters. The zero-order valence-electron chi connectivity index (χ0n) is 30.8. The van der Waals surface area contributed by atoms with Gasteiger partial charge >= 0.3 is 18.7 Å². The first-order chi connectivity index (χ1) is 25.0. The summed E-state index contributed by atoms with van der Waals surface area (Å²) in [5.74, 6) is -0.877. The lowest BCUT2D eigenvalue weighted by atomic mass is 10.1. The number of para-hydroxylation sites is 1. The molecule has 1 aliphatic rings. The molecule has 284 valence electrons. The molecule has 2 amide bonds. The van der Waals surface area contributed by atoms with Gasteiger partial charge < -0.3 is 29.3 Å². The number of rotatable bonds is 11. The van der Waals surface area contributed by atoms with Crippen LogP contribution in [-0.4, -0.2) is 92.7 Å². The van der Waals surface area contributed by atoms with Crippen molar-refractivity contribution in [1.82, 2.24) is 29.5 Å². The predicted octanol–water partition coefficient (Wildman–Crippen LogP) is 4.58. The molecule has 3 heterocycles. The number of benzene rings is 2. The normalized spacial score (nSPS) is 15.5. The number of piperazine rings is 1. The topological polar surface area (TPSA) is 150 Å². The van der Waals surface area contributed by atoms with Gasteiger partial charge in [-0.3, -0.25) is 19.0 Å². The van der Waals surface area contributed by atoms with E-state index in [0.29, 0.717) is 47.6 Å². The Kier molecular flexibility index (Phi) is 11.7. The summed E-state index contributed by atoms with van der Waals surface area (Å²) in [4.78, 5) is 64.0. The number of hydrogen-bond acceptors (Lipinski definition) is 10. The maximum Gasteiger partial charge on any atom is 0.408 e. The fourth-order valence-electron chi connectivity index (χ4n) is 6.13. The minimum atomic E-state index is -2.98. The Hall–Kier alpha value is -5.54. The summed E-state index contributed by atoms with van der Waals surface area (Å²) in [6.07, 6.45) is 2.61. The largest absolute Gasteiger partial charge is 0.454 e. The number of halogens is 2. The number of nitrogens with zero attached hydrogens (tertiary/aromatic N) is 6. The summed E-state index contributed by atoms with van der Waals surface area (Å²) in [5, 5.41) is 3.00. The van der Waals surface area contributed by atoms with Crippen LogP contribution in [0.1, 0.15) is 47.1 Å². The van der Waals surface area contributed by atoms with Crippen molar-refractivity contribution in [2.75, 3.05) is 31.1 Å². The lowest BCUT2D eigenvalue weighted by Crippen LogP contribution is -2.55. The second kappa shape index (κ2) is 16.0. The zero-order chi connectivity index (χ0) is 38.6. The Morgan fingerprint density at radius 2 is 1.72 bits per heavy atom. The van der Waals surface area contributed by atoms with Crippen LogP contribution in [0.3, 0.4) is 0 Å². The number of aromatic nitrogens is 4. The second-order valence-corrected chi connectivity index (χ2v) is 14.2. The minimum absolute atomic E-state index is 0.0318. The molecule has 1 N–H and O–H groups in total. The fraction of sp³-hybridized carbons (Fsp3) is 0.459. The van der Waals surface area contributed by atoms with Crippen LogP contribution >= 0.6 is 0 Å². The van der Waals surface area contributed by atoms with Gasteiger partial charge in [-0.25, -0.2) is 19.6 Å². The Bertz CT molecular complexity index is 2010. The fourth-order valence-corrected chi connectivity index (χ4v) is 6.13. The number of fused-ring (bicyclic) bond motifs is 1. The molecule has 1 unspecified atom stereocenters. The number of anilines is 1. The monoisotopic (exact) mass is 737 g/mol. The van der Waals surface area contributed by atoms with Gasteiger partial charge in [0.15, 0.2) is 6.61 Å². The van der Waals surface area contributed by atoms with Crippen molar-refractivity contribution >= 4 is 34.8 Å². The number of carbonyl (C=O) groups excluding carboxylic acids is 3. The number of hydrogen-bond donors (Lipinski definition) is 1. The van der Waals surface area contributed by atoms with Crippen molar-refractivity contribution in [3.05, 3.63) is 70.8 Å². The number of nitrogens with one attached hydrogen (secondary N) is 1. The molecule has 0 bridgehead atoms. The SMILES string of the molecule is CC(C)C(NC(=O)OC(C)(C)C)C(=O)OCC(=O)N1CCN(c2ncc(-c3ccc4c(=O)n(C)n(Cc5ccccc5OC(F)F)c4c3)cn2)C[C@H]1C. The molecule has 0 radical (unpaired) electrons. The summed E-state index contributed by atoms with van der Waals surface area (Å²) in [5.41, 5.74) is 1.57. The summed E-state index contributed by atoms with van der Waals surface area (Å²) < 4.78 is 44.5. The summed E-state index contributed by atoms with van der Waals surface area (Å²) in [6.45, 7) is 8.43. The van der Waals surface area contributed by atoms with Gasteiger partial charge in [-0.2, -0.15) is 8.78 Å². The molecule has 1 aliphatic heterocycles. The zero-order valence-corrected chi connectivity index (χ0v) is 30.8. The van der Waals surface area contributed by atoms with Gasteiger partial charge in [-0.05, 0) is 57.4 Å². The van der Waals surface area contributed by atoms with Gasteiger partial charge in [0.2, 0.25) is 5.95 Å².